The van der Waals surface area contributed by atoms with Crippen LogP contribution in [0, 0.1) is 11.2 Å². The van der Waals surface area contributed by atoms with Crippen molar-refractivity contribution in [2.24, 2.45) is 5.41 Å². The van der Waals surface area contributed by atoms with Crippen molar-refractivity contribution in [3.05, 3.63) is 28.5 Å². The molecule has 1 aromatic carbocycles. The van der Waals surface area contributed by atoms with Gasteiger partial charge in [-0.1, -0.05) is 36.7 Å². The fraction of sp³-hybridized carbons (Fsp3) is 0.625. The van der Waals surface area contributed by atoms with Crippen molar-refractivity contribution >= 4 is 15.9 Å². The number of benzene rings is 1. The van der Waals surface area contributed by atoms with Crippen molar-refractivity contribution in [1.82, 2.24) is 5.32 Å². The van der Waals surface area contributed by atoms with Crippen LogP contribution in [0.5, 0.6) is 5.75 Å². The van der Waals surface area contributed by atoms with Crippen molar-refractivity contribution in [3.63, 3.8) is 0 Å². The van der Waals surface area contributed by atoms with Crippen molar-refractivity contribution in [3.8, 4) is 5.75 Å². The lowest BCUT2D eigenvalue weighted by atomic mass is 9.61. The van der Waals surface area contributed by atoms with Gasteiger partial charge in [-0.05, 0) is 37.6 Å². The zero-order chi connectivity index (χ0) is 14.8. The molecule has 0 spiro atoms. The molecule has 2 nitrogen and oxygen atoms in total. The van der Waals surface area contributed by atoms with E-state index in [1.54, 1.807) is 12.1 Å². The number of hydrogen-bond donors (Lipinski definition) is 1. The summed E-state index contributed by atoms with van der Waals surface area (Å²) >= 11 is 3.36. The third-order valence-corrected chi connectivity index (χ3v) is 5.04. The van der Waals surface area contributed by atoms with E-state index in [-0.39, 0.29) is 17.3 Å². The van der Waals surface area contributed by atoms with Crippen LogP contribution >= 0.6 is 15.9 Å². The smallest absolute Gasteiger partial charge is 0.165 e. The van der Waals surface area contributed by atoms with E-state index in [9.17, 15) is 4.39 Å². The van der Waals surface area contributed by atoms with Gasteiger partial charge in [0.1, 0.15) is 6.10 Å². The molecular weight excluding hydrogens is 321 g/mol. The number of nitrogens with one attached hydrogen (secondary N) is 1. The SMILES string of the molecule is CCCNC1CC(Oc2cc(Br)ccc2F)C1(C)CC. The molecule has 0 amide bonds. The quantitative estimate of drug-likeness (QED) is 0.819. The van der Waals surface area contributed by atoms with Gasteiger partial charge in [0.2, 0.25) is 0 Å². The first-order chi connectivity index (χ1) is 9.51. The number of ether oxygens (including phenoxy) is 1. The summed E-state index contributed by atoms with van der Waals surface area (Å²) in [6.45, 7) is 7.59. The van der Waals surface area contributed by atoms with E-state index in [0.29, 0.717) is 11.8 Å². The summed E-state index contributed by atoms with van der Waals surface area (Å²) in [6.07, 6.45) is 3.17. The predicted molar refractivity (Wildman–Crippen MR) is 83.6 cm³/mol. The molecule has 0 bridgehead atoms. The first kappa shape index (κ1) is 15.8. The van der Waals surface area contributed by atoms with Gasteiger partial charge >= 0.3 is 0 Å². The average Bonchev–Trinajstić information content (AvgIpc) is 2.44. The molecule has 1 N–H and O–H groups in total. The normalized spacial score (nSPS) is 29.1. The monoisotopic (exact) mass is 343 g/mol. The van der Waals surface area contributed by atoms with Crippen molar-refractivity contribution in [1.29, 1.82) is 0 Å². The largest absolute Gasteiger partial charge is 0.487 e. The predicted octanol–water partition coefficient (Wildman–Crippen LogP) is 4.52. The molecule has 1 aromatic rings. The van der Waals surface area contributed by atoms with Crippen LogP contribution in [-0.2, 0) is 0 Å². The van der Waals surface area contributed by atoms with Gasteiger partial charge in [-0.3, -0.25) is 0 Å². The molecule has 3 unspecified atom stereocenters. The van der Waals surface area contributed by atoms with Crippen molar-refractivity contribution in [2.45, 2.75) is 52.2 Å². The van der Waals surface area contributed by atoms with E-state index < -0.39 is 0 Å². The molecule has 0 saturated heterocycles. The Labute approximate surface area is 129 Å². The van der Waals surface area contributed by atoms with E-state index in [2.05, 4.69) is 42.0 Å². The highest BCUT2D eigenvalue weighted by atomic mass is 79.9. The third-order valence-electron chi connectivity index (χ3n) is 4.55. The van der Waals surface area contributed by atoms with Crippen LogP contribution in [0.2, 0.25) is 0 Å². The molecule has 0 heterocycles. The molecule has 1 aliphatic rings. The molecular formula is C16H23BrFNO. The van der Waals surface area contributed by atoms with E-state index in [0.717, 1.165) is 30.3 Å². The van der Waals surface area contributed by atoms with Gasteiger partial charge in [-0.2, -0.15) is 0 Å². The molecule has 0 radical (unpaired) electrons. The summed E-state index contributed by atoms with van der Waals surface area (Å²) < 4.78 is 20.6. The fourth-order valence-corrected chi connectivity index (χ4v) is 3.17. The maximum Gasteiger partial charge on any atom is 0.165 e. The van der Waals surface area contributed by atoms with Gasteiger partial charge in [0, 0.05) is 22.4 Å². The van der Waals surface area contributed by atoms with E-state index in [1.807, 2.05) is 0 Å². The Bertz CT molecular complexity index is 468. The lowest BCUT2D eigenvalue weighted by Gasteiger charge is -2.53. The average molecular weight is 344 g/mol. The second-order valence-electron chi connectivity index (χ2n) is 5.78. The van der Waals surface area contributed by atoms with Gasteiger partial charge in [0.05, 0.1) is 0 Å². The van der Waals surface area contributed by atoms with Crippen LogP contribution in [0.3, 0.4) is 0 Å². The molecule has 3 atom stereocenters. The minimum Gasteiger partial charge on any atom is -0.487 e. The summed E-state index contributed by atoms with van der Waals surface area (Å²) in [5.74, 6) is 0.0506. The van der Waals surface area contributed by atoms with E-state index >= 15 is 0 Å². The summed E-state index contributed by atoms with van der Waals surface area (Å²) in [5, 5.41) is 3.57. The van der Waals surface area contributed by atoms with Crippen LogP contribution in [-0.4, -0.2) is 18.7 Å². The van der Waals surface area contributed by atoms with E-state index in [4.69, 9.17) is 4.74 Å². The van der Waals surface area contributed by atoms with Crippen molar-refractivity contribution in [2.75, 3.05) is 6.54 Å². The second kappa shape index (κ2) is 6.44. The Morgan fingerprint density at radius 3 is 2.85 bits per heavy atom. The first-order valence-corrected chi connectivity index (χ1v) is 8.15. The maximum atomic E-state index is 13.8. The molecule has 20 heavy (non-hydrogen) atoms. The summed E-state index contributed by atoms with van der Waals surface area (Å²) in [7, 11) is 0. The van der Waals surface area contributed by atoms with Gasteiger partial charge < -0.3 is 10.1 Å². The molecule has 1 saturated carbocycles. The van der Waals surface area contributed by atoms with Gasteiger partial charge in [-0.15, -0.1) is 0 Å². The molecule has 0 aromatic heterocycles. The molecule has 4 heteroatoms. The summed E-state index contributed by atoms with van der Waals surface area (Å²) in [6, 6.07) is 5.30. The van der Waals surface area contributed by atoms with Gasteiger partial charge in [-0.25, -0.2) is 4.39 Å². The minimum absolute atomic E-state index is 0.0733. The van der Waals surface area contributed by atoms with Crippen molar-refractivity contribution < 1.29 is 9.13 Å². The third kappa shape index (κ3) is 3.01. The standard InChI is InChI=1S/C16H23BrFNO/c1-4-8-19-14-10-15(16(14,3)5-2)20-13-9-11(17)6-7-12(13)18/h6-7,9,14-15,19H,4-5,8,10H2,1-3H3. The van der Waals surface area contributed by atoms with Crippen LogP contribution in [0.1, 0.15) is 40.0 Å². The number of halogens is 2. The second-order valence-corrected chi connectivity index (χ2v) is 6.70. The highest BCUT2D eigenvalue weighted by molar-refractivity contribution is 9.10. The maximum absolute atomic E-state index is 13.8. The zero-order valence-electron chi connectivity index (χ0n) is 12.4. The number of rotatable bonds is 6. The topological polar surface area (TPSA) is 21.3 Å². The van der Waals surface area contributed by atoms with Gasteiger partial charge in [0.15, 0.2) is 11.6 Å². The highest BCUT2D eigenvalue weighted by Gasteiger charge is 2.51. The van der Waals surface area contributed by atoms with Crippen LogP contribution in [0.25, 0.3) is 0 Å². The zero-order valence-corrected chi connectivity index (χ0v) is 14.0. The van der Waals surface area contributed by atoms with Crippen LogP contribution in [0.15, 0.2) is 22.7 Å². The van der Waals surface area contributed by atoms with E-state index in [1.165, 1.54) is 6.07 Å². The van der Waals surface area contributed by atoms with Crippen LogP contribution in [0.4, 0.5) is 4.39 Å². The molecule has 1 aliphatic carbocycles. The molecule has 112 valence electrons. The minimum atomic E-state index is -0.295. The summed E-state index contributed by atoms with van der Waals surface area (Å²) in [4.78, 5) is 0. The van der Waals surface area contributed by atoms with Crippen LogP contribution < -0.4 is 10.1 Å². The Morgan fingerprint density at radius 2 is 2.20 bits per heavy atom. The Balaban J connectivity index is 2.05. The lowest BCUT2D eigenvalue weighted by Crippen LogP contribution is -2.63. The van der Waals surface area contributed by atoms with Gasteiger partial charge in [0.25, 0.3) is 0 Å². The Kier molecular flexibility index (Phi) is 5.08. The molecule has 1 fully saturated rings. The highest BCUT2D eigenvalue weighted by Crippen LogP contribution is 2.46. The first-order valence-electron chi connectivity index (χ1n) is 7.36. The molecule has 0 aliphatic heterocycles. The molecule has 2 rings (SSSR count). The fourth-order valence-electron chi connectivity index (χ4n) is 2.83. The Hall–Kier alpha value is -0.610. The Morgan fingerprint density at radius 1 is 1.45 bits per heavy atom. The summed E-state index contributed by atoms with van der Waals surface area (Å²) in [5.41, 5.74) is 0.0733. The number of hydrogen-bond acceptors (Lipinski definition) is 2. The lowest BCUT2D eigenvalue weighted by molar-refractivity contribution is -0.0716.